The molecule has 0 aromatic carbocycles. The fourth-order valence-corrected chi connectivity index (χ4v) is 3.69. The van der Waals surface area contributed by atoms with Gasteiger partial charge in [0.2, 0.25) is 11.9 Å². The highest BCUT2D eigenvalue weighted by Crippen LogP contribution is 2.39. The van der Waals surface area contributed by atoms with Gasteiger partial charge < -0.3 is 5.32 Å². The molecule has 1 atom stereocenters. The van der Waals surface area contributed by atoms with Gasteiger partial charge in [-0.25, -0.2) is 14.6 Å². The number of nitrogens with one attached hydrogen (secondary N) is 1. The number of carbonyl (C=O) groups excluding carboxylic acids is 1. The number of amides is 1. The minimum absolute atomic E-state index is 0.0111. The molecule has 3 aromatic rings. The van der Waals surface area contributed by atoms with E-state index in [-0.39, 0.29) is 17.9 Å². The predicted molar refractivity (Wildman–Crippen MR) is 98.3 cm³/mol. The Morgan fingerprint density at radius 1 is 1.23 bits per heavy atom. The molecule has 1 unspecified atom stereocenters. The zero-order valence-corrected chi connectivity index (χ0v) is 15.0. The quantitative estimate of drug-likeness (QED) is 0.766. The number of fused-ring (bicyclic) bond motifs is 1. The second kappa shape index (κ2) is 6.74. The summed E-state index contributed by atoms with van der Waals surface area (Å²) in [5.74, 6) is 1.37. The number of nitrogens with zero attached hydrogens (tertiary/aromatic N) is 5. The molecule has 0 aliphatic carbocycles. The van der Waals surface area contributed by atoms with Crippen molar-refractivity contribution in [3.05, 3.63) is 54.2 Å². The molecule has 26 heavy (non-hydrogen) atoms. The minimum atomic E-state index is -0.0688. The van der Waals surface area contributed by atoms with E-state index < -0.39 is 0 Å². The number of rotatable bonds is 5. The van der Waals surface area contributed by atoms with Crippen molar-refractivity contribution in [2.45, 2.75) is 45.1 Å². The van der Waals surface area contributed by atoms with Crippen LogP contribution in [0.25, 0.3) is 5.95 Å². The highest BCUT2D eigenvalue weighted by molar-refractivity contribution is 5.94. The lowest BCUT2D eigenvalue weighted by Gasteiger charge is -2.26. The summed E-state index contributed by atoms with van der Waals surface area (Å²) in [6, 6.07) is 6.06. The van der Waals surface area contributed by atoms with Gasteiger partial charge in [0.1, 0.15) is 5.82 Å². The van der Waals surface area contributed by atoms with E-state index in [4.69, 9.17) is 0 Å². The Kier molecular flexibility index (Phi) is 4.28. The van der Waals surface area contributed by atoms with E-state index in [2.05, 4.69) is 34.2 Å². The van der Waals surface area contributed by atoms with Crippen LogP contribution in [0.1, 0.15) is 56.3 Å². The van der Waals surface area contributed by atoms with Gasteiger partial charge in [-0.05, 0) is 31.0 Å². The van der Waals surface area contributed by atoms with Crippen LogP contribution >= 0.6 is 0 Å². The summed E-state index contributed by atoms with van der Waals surface area (Å²) >= 11 is 0. The number of aromatic nitrogens is 5. The van der Waals surface area contributed by atoms with E-state index in [1.807, 2.05) is 33.8 Å². The molecule has 0 saturated carbocycles. The van der Waals surface area contributed by atoms with Crippen LogP contribution in [-0.4, -0.2) is 30.2 Å². The highest BCUT2D eigenvalue weighted by Gasteiger charge is 2.33. The molecule has 0 radical (unpaired) electrons. The molecule has 7 nitrogen and oxygen atoms in total. The number of anilines is 1. The Balaban J connectivity index is 1.79. The van der Waals surface area contributed by atoms with E-state index in [1.165, 1.54) is 0 Å². The van der Waals surface area contributed by atoms with Crippen LogP contribution in [0.15, 0.2) is 43.0 Å². The average Bonchev–Trinajstić information content (AvgIpc) is 3.31. The Hall–Kier alpha value is -2.96. The standard InChI is InChI=1S/C19H22N6O/c1-3-13(4-2)25-18-15(12-22-25)14(11-17(26)23-18)16-7-5-10-24(16)19-20-8-6-9-21-19/h5-10,12-14H,3-4,11H2,1-2H3,(H,23,26). The summed E-state index contributed by atoms with van der Waals surface area (Å²) < 4.78 is 3.91. The molecule has 3 aromatic heterocycles. The Morgan fingerprint density at radius 2 is 2.00 bits per heavy atom. The van der Waals surface area contributed by atoms with Gasteiger partial charge in [-0.1, -0.05) is 13.8 Å². The molecular weight excluding hydrogens is 328 g/mol. The van der Waals surface area contributed by atoms with Gasteiger partial charge in [-0.2, -0.15) is 5.10 Å². The molecule has 1 aliphatic rings. The first kappa shape index (κ1) is 16.5. The molecule has 0 saturated heterocycles. The normalized spacial score (nSPS) is 16.6. The van der Waals surface area contributed by atoms with Crippen molar-refractivity contribution in [3.8, 4) is 5.95 Å². The second-order valence-corrected chi connectivity index (χ2v) is 6.52. The highest BCUT2D eigenvalue weighted by atomic mass is 16.1. The van der Waals surface area contributed by atoms with Crippen molar-refractivity contribution in [3.63, 3.8) is 0 Å². The lowest BCUT2D eigenvalue weighted by Crippen LogP contribution is -2.27. The Morgan fingerprint density at radius 3 is 2.73 bits per heavy atom. The summed E-state index contributed by atoms with van der Waals surface area (Å²) in [6.07, 6.45) is 9.59. The molecule has 1 aliphatic heterocycles. The first-order valence-corrected chi connectivity index (χ1v) is 9.04. The number of hydrogen-bond donors (Lipinski definition) is 1. The second-order valence-electron chi connectivity index (χ2n) is 6.52. The topological polar surface area (TPSA) is 77.6 Å². The smallest absolute Gasteiger partial charge is 0.233 e. The molecular formula is C19H22N6O. The van der Waals surface area contributed by atoms with E-state index in [1.54, 1.807) is 18.5 Å². The monoisotopic (exact) mass is 350 g/mol. The summed E-state index contributed by atoms with van der Waals surface area (Å²) in [5, 5.41) is 7.63. The predicted octanol–water partition coefficient (Wildman–Crippen LogP) is 3.30. The zero-order valence-electron chi connectivity index (χ0n) is 15.0. The van der Waals surface area contributed by atoms with E-state index in [0.717, 1.165) is 29.9 Å². The van der Waals surface area contributed by atoms with Crippen molar-refractivity contribution >= 4 is 11.7 Å². The third-order valence-corrected chi connectivity index (χ3v) is 5.04. The molecule has 1 N–H and O–H groups in total. The molecule has 0 fully saturated rings. The third-order valence-electron chi connectivity index (χ3n) is 5.04. The molecule has 0 spiro atoms. The molecule has 134 valence electrons. The molecule has 4 heterocycles. The summed E-state index contributed by atoms with van der Waals surface area (Å²) in [4.78, 5) is 21.1. The van der Waals surface area contributed by atoms with Crippen molar-refractivity contribution in [2.75, 3.05) is 5.32 Å². The SMILES string of the molecule is CCC(CC)n1ncc2c1NC(=O)CC2c1cccn1-c1ncccn1. The first-order chi connectivity index (χ1) is 12.7. The zero-order chi connectivity index (χ0) is 18.1. The third kappa shape index (κ3) is 2.69. The number of carbonyl (C=O) groups is 1. The van der Waals surface area contributed by atoms with Crippen LogP contribution in [0.4, 0.5) is 5.82 Å². The van der Waals surface area contributed by atoms with Crippen LogP contribution in [0.2, 0.25) is 0 Å². The van der Waals surface area contributed by atoms with Gasteiger partial charge in [0.25, 0.3) is 0 Å². The summed E-state index contributed by atoms with van der Waals surface area (Å²) in [5.41, 5.74) is 2.05. The van der Waals surface area contributed by atoms with Gasteiger partial charge in [-0.15, -0.1) is 0 Å². The molecule has 7 heteroatoms. The van der Waals surface area contributed by atoms with Gasteiger partial charge in [-0.3, -0.25) is 9.36 Å². The van der Waals surface area contributed by atoms with Crippen LogP contribution in [0, 0.1) is 0 Å². The van der Waals surface area contributed by atoms with Crippen LogP contribution in [0.5, 0.6) is 0 Å². The van der Waals surface area contributed by atoms with Gasteiger partial charge in [0, 0.05) is 42.2 Å². The van der Waals surface area contributed by atoms with Crippen LogP contribution in [0.3, 0.4) is 0 Å². The average molecular weight is 350 g/mol. The molecule has 0 bridgehead atoms. The fourth-order valence-electron chi connectivity index (χ4n) is 3.69. The van der Waals surface area contributed by atoms with Crippen LogP contribution < -0.4 is 5.32 Å². The Bertz CT molecular complexity index is 909. The van der Waals surface area contributed by atoms with Crippen molar-refractivity contribution in [2.24, 2.45) is 0 Å². The summed E-state index contributed by atoms with van der Waals surface area (Å²) in [6.45, 7) is 4.28. The maximum absolute atomic E-state index is 12.4. The first-order valence-electron chi connectivity index (χ1n) is 9.04. The molecule has 4 rings (SSSR count). The van der Waals surface area contributed by atoms with Crippen molar-refractivity contribution < 1.29 is 4.79 Å². The number of hydrogen-bond acceptors (Lipinski definition) is 4. The fraction of sp³-hybridized carbons (Fsp3) is 0.368. The minimum Gasteiger partial charge on any atom is -0.311 e. The summed E-state index contributed by atoms with van der Waals surface area (Å²) in [7, 11) is 0. The lowest BCUT2D eigenvalue weighted by atomic mass is 9.91. The van der Waals surface area contributed by atoms with Gasteiger partial charge in [0.05, 0.1) is 12.2 Å². The Labute approximate surface area is 152 Å². The maximum atomic E-state index is 12.4. The van der Waals surface area contributed by atoms with Crippen molar-refractivity contribution in [1.29, 1.82) is 0 Å². The maximum Gasteiger partial charge on any atom is 0.233 e. The van der Waals surface area contributed by atoms with Gasteiger partial charge >= 0.3 is 0 Å². The van der Waals surface area contributed by atoms with E-state index in [0.29, 0.717) is 12.4 Å². The van der Waals surface area contributed by atoms with E-state index >= 15 is 0 Å². The molecule has 1 amide bonds. The van der Waals surface area contributed by atoms with Gasteiger partial charge in [0.15, 0.2) is 0 Å². The van der Waals surface area contributed by atoms with Crippen molar-refractivity contribution in [1.82, 2.24) is 24.3 Å². The lowest BCUT2D eigenvalue weighted by molar-refractivity contribution is -0.116. The van der Waals surface area contributed by atoms with Crippen LogP contribution in [-0.2, 0) is 4.79 Å². The van der Waals surface area contributed by atoms with E-state index in [9.17, 15) is 4.79 Å². The largest absolute Gasteiger partial charge is 0.311 e.